The molecule has 4 nitrogen and oxygen atoms in total. The molecule has 6 heteroatoms. The third kappa shape index (κ3) is 4.98. The van der Waals surface area contributed by atoms with Gasteiger partial charge in [0.1, 0.15) is 5.82 Å². The van der Waals surface area contributed by atoms with Gasteiger partial charge in [-0.15, -0.1) is 0 Å². The third-order valence-electron chi connectivity index (χ3n) is 4.16. The standard InChI is InChI=1S/C19H22F2N4/c1-13-11-18(24-15-7-8-16(20)17(21)12-15)25-19(23-13)22-10-9-14-5-3-2-4-6-14/h5,7-8,11-12H,2-4,6,9-10H2,1H3,(H2,22,23,24,25). The summed E-state index contributed by atoms with van der Waals surface area (Å²) < 4.78 is 26.3. The average molecular weight is 344 g/mol. The van der Waals surface area contributed by atoms with Crippen LogP contribution in [0.5, 0.6) is 0 Å². The van der Waals surface area contributed by atoms with Gasteiger partial charge in [-0.25, -0.2) is 13.8 Å². The Morgan fingerprint density at radius 1 is 1.08 bits per heavy atom. The Balaban J connectivity index is 1.63. The summed E-state index contributed by atoms with van der Waals surface area (Å²) >= 11 is 0. The zero-order valence-corrected chi connectivity index (χ0v) is 14.3. The smallest absolute Gasteiger partial charge is 0.224 e. The number of hydrogen-bond donors (Lipinski definition) is 2. The molecule has 0 atom stereocenters. The first-order valence-electron chi connectivity index (χ1n) is 8.60. The summed E-state index contributed by atoms with van der Waals surface area (Å²) in [7, 11) is 0. The Hall–Kier alpha value is -2.50. The molecule has 25 heavy (non-hydrogen) atoms. The van der Waals surface area contributed by atoms with Crippen molar-refractivity contribution in [2.75, 3.05) is 17.2 Å². The minimum absolute atomic E-state index is 0.440. The minimum Gasteiger partial charge on any atom is -0.354 e. The molecular weight excluding hydrogens is 322 g/mol. The number of hydrogen-bond acceptors (Lipinski definition) is 4. The molecule has 1 aromatic carbocycles. The third-order valence-corrected chi connectivity index (χ3v) is 4.16. The number of anilines is 3. The summed E-state index contributed by atoms with van der Waals surface area (Å²) in [6.07, 6.45) is 8.24. The second kappa shape index (κ2) is 8.05. The number of nitrogens with one attached hydrogen (secondary N) is 2. The zero-order valence-electron chi connectivity index (χ0n) is 14.3. The van der Waals surface area contributed by atoms with E-state index in [1.54, 1.807) is 6.07 Å². The van der Waals surface area contributed by atoms with Gasteiger partial charge in [0.25, 0.3) is 0 Å². The molecule has 1 heterocycles. The van der Waals surface area contributed by atoms with Crippen molar-refractivity contribution in [3.63, 3.8) is 0 Å². The van der Waals surface area contributed by atoms with Crippen LogP contribution in [0.3, 0.4) is 0 Å². The lowest BCUT2D eigenvalue weighted by molar-refractivity contribution is 0.509. The fraction of sp³-hybridized carbons (Fsp3) is 0.368. The molecule has 0 bridgehead atoms. The predicted octanol–water partition coefficient (Wildman–Crippen LogP) is 5.11. The van der Waals surface area contributed by atoms with E-state index in [0.29, 0.717) is 17.5 Å². The Kier molecular flexibility index (Phi) is 5.58. The summed E-state index contributed by atoms with van der Waals surface area (Å²) in [6.45, 7) is 2.65. The van der Waals surface area contributed by atoms with Gasteiger partial charge in [-0.2, -0.15) is 4.98 Å². The first-order chi connectivity index (χ1) is 12.1. The van der Waals surface area contributed by atoms with Gasteiger partial charge in [0, 0.05) is 30.1 Å². The highest BCUT2D eigenvalue weighted by molar-refractivity contribution is 5.57. The first-order valence-corrected chi connectivity index (χ1v) is 8.60. The number of halogens is 2. The predicted molar refractivity (Wildman–Crippen MR) is 96.1 cm³/mol. The molecule has 0 radical (unpaired) electrons. The minimum atomic E-state index is -0.894. The molecule has 1 aliphatic rings. The second-order valence-corrected chi connectivity index (χ2v) is 6.26. The van der Waals surface area contributed by atoms with Gasteiger partial charge in [0.2, 0.25) is 5.95 Å². The molecule has 0 unspecified atom stereocenters. The normalized spacial score (nSPS) is 14.1. The second-order valence-electron chi connectivity index (χ2n) is 6.26. The molecule has 2 aromatic rings. The summed E-state index contributed by atoms with van der Waals surface area (Å²) in [5.41, 5.74) is 2.72. The lowest BCUT2D eigenvalue weighted by atomic mass is 9.97. The Morgan fingerprint density at radius 3 is 2.72 bits per heavy atom. The van der Waals surface area contributed by atoms with Gasteiger partial charge in [0.05, 0.1) is 0 Å². The molecule has 0 saturated heterocycles. The highest BCUT2D eigenvalue weighted by Crippen LogP contribution is 2.21. The van der Waals surface area contributed by atoms with Crippen LogP contribution in [-0.2, 0) is 0 Å². The van der Waals surface area contributed by atoms with Gasteiger partial charge < -0.3 is 10.6 Å². The van der Waals surface area contributed by atoms with Crippen molar-refractivity contribution in [2.45, 2.75) is 39.0 Å². The van der Waals surface area contributed by atoms with Crippen molar-refractivity contribution < 1.29 is 8.78 Å². The van der Waals surface area contributed by atoms with Crippen LogP contribution in [0.4, 0.5) is 26.2 Å². The number of aromatic nitrogens is 2. The van der Waals surface area contributed by atoms with Crippen LogP contribution in [-0.4, -0.2) is 16.5 Å². The summed E-state index contributed by atoms with van der Waals surface area (Å²) in [4.78, 5) is 8.77. The van der Waals surface area contributed by atoms with E-state index in [9.17, 15) is 8.78 Å². The molecule has 0 amide bonds. The van der Waals surface area contributed by atoms with E-state index in [4.69, 9.17) is 0 Å². The topological polar surface area (TPSA) is 49.8 Å². The molecular formula is C19H22F2N4. The molecule has 0 fully saturated rings. The highest BCUT2D eigenvalue weighted by atomic mass is 19.2. The van der Waals surface area contributed by atoms with Gasteiger partial charge >= 0.3 is 0 Å². The van der Waals surface area contributed by atoms with Crippen molar-refractivity contribution in [2.24, 2.45) is 0 Å². The molecule has 3 rings (SSSR count). The fourth-order valence-electron chi connectivity index (χ4n) is 2.90. The molecule has 1 aliphatic carbocycles. The maximum Gasteiger partial charge on any atom is 0.224 e. The van der Waals surface area contributed by atoms with E-state index < -0.39 is 11.6 Å². The van der Waals surface area contributed by atoms with E-state index in [2.05, 4.69) is 26.7 Å². The van der Waals surface area contributed by atoms with Crippen LogP contribution in [0.1, 0.15) is 37.8 Å². The lowest BCUT2D eigenvalue weighted by Crippen LogP contribution is -2.09. The molecule has 2 N–H and O–H groups in total. The molecule has 132 valence electrons. The molecule has 0 aliphatic heterocycles. The van der Waals surface area contributed by atoms with Crippen molar-refractivity contribution in [1.29, 1.82) is 0 Å². The maximum absolute atomic E-state index is 13.3. The fourth-order valence-corrected chi connectivity index (χ4v) is 2.90. The largest absolute Gasteiger partial charge is 0.354 e. The van der Waals surface area contributed by atoms with E-state index in [0.717, 1.165) is 30.8 Å². The van der Waals surface area contributed by atoms with Crippen molar-refractivity contribution in [3.05, 3.63) is 53.2 Å². The van der Waals surface area contributed by atoms with Crippen LogP contribution < -0.4 is 10.6 Å². The SMILES string of the molecule is Cc1cc(Nc2ccc(F)c(F)c2)nc(NCCC2=CCCCC2)n1. The Morgan fingerprint density at radius 2 is 1.96 bits per heavy atom. The van der Waals surface area contributed by atoms with Gasteiger partial charge in [-0.3, -0.25) is 0 Å². The van der Waals surface area contributed by atoms with Crippen molar-refractivity contribution >= 4 is 17.5 Å². The highest BCUT2D eigenvalue weighted by Gasteiger charge is 2.07. The molecule has 0 saturated carbocycles. The molecule has 0 spiro atoms. The monoisotopic (exact) mass is 344 g/mol. The van der Waals surface area contributed by atoms with Crippen LogP contribution in [0.25, 0.3) is 0 Å². The number of rotatable bonds is 6. The Labute approximate surface area is 146 Å². The summed E-state index contributed by atoms with van der Waals surface area (Å²) in [5, 5.41) is 6.23. The van der Waals surface area contributed by atoms with Crippen LogP contribution in [0.2, 0.25) is 0 Å². The average Bonchev–Trinajstić information content (AvgIpc) is 2.59. The molecule has 1 aromatic heterocycles. The maximum atomic E-state index is 13.3. The zero-order chi connectivity index (χ0) is 17.6. The number of benzene rings is 1. The van der Waals surface area contributed by atoms with Gasteiger partial charge in [-0.1, -0.05) is 11.6 Å². The van der Waals surface area contributed by atoms with Crippen LogP contribution in [0.15, 0.2) is 35.9 Å². The number of nitrogens with zero attached hydrogens (tertiary/aromatic N) is 2. The number of allylic oxidation sites excluding steroid dienone is 1. The van der Waals surface area contributed by atoms with E-state index >= 15 is 0 Å². The van der Waals surface area contributed by atoms with E-state index in [1.165, 1.54) is 37.3 Å². The van der Waals surface area contributed by atoms with Crippen LogP contribution in [0, 0.1) is 18.6 Å². The Bertz CT molecular complexity index is 774. The number of aryl methyl sites for hydroxylation is 1. The lowest BCUT2D eigenvalue weighted by Gasteiger charge is -2.13. The van der Waals surface area contributed by atoms with Crippen molar-refractivity contribution in [3.8, 4) is 0 Å². The first kappa shape index (κ1) is 17.3. The summed E-state index contributed by atoms with van der Waals surface area (Å²) in [6, 6.07) is 5.42. The summed E-state index contributed by atoms with van der Waals surface area (Å²) in [5.74, 6) is -0.696. The van der Waals surface area contributed by atoms with Gasteiger partial charge in [0.15, 0.2) is 11.6 Å². The van der Waals surface area contributed by atoms with E-state index in [-0.39, 0.29) is 0 Å². The van der Waals surface area contributed by atoms with Crippen LogP contribution >= 0.6 is 0 Å². The quantitative estimate of drug-likeness (QED) is 0.715. The van der Waals surface area contributed by atoms with E-state index in [1.807, 2.05) is 6.92 Å². The van der Waals surface area contributed by atoms with Crippen molar-refractivity contribution in [1.82, 2.24) is 9.97 Å². The van der Waals surface area contributed by atoms with Gasteiger partial charge in [-0.05, 0) is 51.2 Å².